The summed E-state index contributed by atoms with van der Waals surface area (Å²) in [7, 11) is 1.59. The van der Waals surface area contributed by atoms with E-state index in [2.05, 4.69) is 27.4 Å². The van der Waals surface area contributed by atoms with Gasteiger partial charge < -0.3 is 9.47 Å². The number of ether oxygens (including phenoxy) is 2. The van der Waals surface area contributed by atoms with Gasteiger partial charge in [0.15, 0.2) is 11.5 Å². The SMILES string of the molecule is CCCCCOc1ccc(C=NNc2nc(-c3ccccc3)c(C#N)c(=O)[nH]2)cc1OC. The van der Waals surface area contributed by atoms with Crippen LogP contribution in [-0.4, -0.2) is 29.9 Å². The van der Waals surface area contributed by atoms with Crippen molar-refractivity contribution in [1.82, 2.24) is 9.97 Å². The molecular formula is C24H25N5O3. The van der Waals surface area contributed by atoms with Gasteiger partial charge in [-0.15, -0.1) is 0 Å². The van der Waals surface area contributed by atoms with Gasteiger partial charge in [-0.2, -0.15) is 10.4 Å². The second-order valence-electron chi connectivity index (χ2n) is 6.95. The number of nitrogens with zero attached hydrogens (tertiary/aromatic N) is 3. The third-order valence-electron chi connectivity index (χ3n) is 4.66. The van der Waals surface area contributed by atoms with Crippen molar-refractivity contribution < 1.29 is 9.47 Å². The van der Waals surface area contributed by atoms with Crippen molar-refractivity contribution in [2.45, 2.75) is 26.2 Å². The summed E-state index contributed by atoms with van der Waals surface area (Å²) in [6.07, 6.45) is 4.82. The van der Waals surface area contributed by atoms with Crippen LogP contribution in [0.1, 0.15) is 37.3 Å². The number of nitrogens with one attached hydrogen (secondary N) is 2. The lowest BCUT2D eigenvalue weighted by Crippen LogP contribution is -2.16. The van der Waals surface area contributed by atoms with Crippen LogP contribution < -0.4 is 20.5 Å². The van der Waals surface area contributed by atoms with E-state index in [0.29, 0.717) is 29.4 Å². The number of H-pyrrole nitrogens is 1. The van der Waals surface area contributed by atoms with Gasteiger partial charge in [0.05, 0.1) is 25.6 Å². The molecule has 0 saturated carbocycles. The summed E-state index contributed by atoms with van der Waals surface area (Å²) in [6, 6.07) is 16.5. The van der Waals surface area contributed by atoms with Crippen molar-refractivity contribution in [1.29, 1.82) is 5.26 Å². The molecule has 3 aromatic rings. The number of unbranched alkanes of at least 4 members (excludes halogenated alkanes) is 2. The van der Waals surface area contributed by atoms with Gasteiger partial charge in [0.1, 0.15) is 11.6 Å². The molecule has 0 saturated heterocycles. The van der Waals surface area contributed by atoms with Crippen molar-refractivity contribution >= 4 is 12.2 Å². The van der Waals surface area contributed by atoms with Crippen LogP contribution >= 0.6 is 0 Å². The monoisotopic (exact) mass is 431 g/mol. The summed E-state index contributed by atoms with van der Waals surface area (Å²) in [5, 5.41) is 13.5. The molecule has 0 spiro atoms. The highest BCUT2D eigenvalue weighted by Gasteiger charge is 2.13. The fourth-order valence-electron chi connectivity index (χ4n) is 3.02. The maximum absolute atomic E-state index is 12.3. The van der Waals surface area contributed by atoms with Crippen LogP contribution in [0.4, 0.5) is 5.95 Å². The molecular weight excluding hydrogens is 406 g/mol. The van der Waals surface area contributed by atoms with E-state index in [9.17, 15) is 10.1 Å². The zero-order chi connectivity index (χ0) is 22.8. The first kappa shape index (κ1) is 22.6. The number of hydrazone groups is 1. The van der Waals surface area contributed by atoms with E-state index >= 15 is 0 Å². The number of hydrogen-bond acceptors (Lipinski definition) is 7. The molecule has 1 aromatic heterocycles. The Labute approximate surface area is 186 Å². The van der Waals surface area contributed by atoms with E-state index in [0.717, 1.165) is 24.8 Å². The fraction of sp³-hybridized carbons (Fsp3) is 0.250. The lowest BCUT2D eigenvalue weighted by atomic mass is 10.1. The molecule has 2 N–H and O–H groups in total. The van der Waals surface area contributed by atoms with E-state index < -0.39 is 5.56 Å². The third-order valence-corrected chi connectivity index (χ3v) is 4.66. The summed E-state index contributed by atoms with van der Waals surface area (Å²) in [6.45, 7) is 2.79. The normalized spacial score (nSPS) is 10.7. The molecule has 8 heteroatoms. The van der Waals surface area contributed by atoms with Gasteiger partial charge in [0.25, 0.3) is 5.56 Å². The van der Waals surface area contributed by atoms with E-state index in [1.807, 2.05) is 42.5 Å². The minimum absolute atomic E-state index is 0.0509. The number of benzene rings is 2. The Morgan fingerprint density at radius 3 is 2.72 bits per heavy atom. The maximum Gasteiger partial charge on any atom is 0.270 e. The van der Waals surface area contributed by atoms with Crippen LogP contribution in [-0.2, 0) is 0 Å². The molecule has 0 aliphatic rings. The number of methoxy groups -OCH3 is 1. The minimum Gasteiger partial charge on any atom is -0.493 e. The maximum atomic E-state index is 12.3. The highest BCUT2D eigenvalue weighted by molar-refractivity contribution is 5.81. The molecule has 0 atom stereocenters. The quantitative estimate of drug-likeness (QED) is 0.281. The molecule has 164 valence electrons. The van der Waals surface area contributed by atoms with Gasteiger partial charge in [0.2, 0.25) is 5.95 Å². The van der Waals surface area contributed by atoms with Crippen molar-refractivity contribution in [2.75, 3.05) is 19.1 Å². The van der Waals surface area contributed by atoms with Gasteiger partial charge in [-0.25, -0.2) is 10.4 Å². The zero-order valence-corrected chi connectivity index (χ0v) is 18.1. The Hall–Kier alpha value is -4.12. The molecule has 0 aliphatic carbocycles. The van der Waals surface area contributed by atoms with Gasteiger partial charge in [-0.3, -0.25) is 9.78 Å². The third kappa shape index (κ3) is 5.73. The molecule has 2 aromatic carbocycles. The lowest BCUT2D eigenvalue weighted by molar-refractivity contribution is 0.286. The highest BCUT2D eigenvalue weighted by atomic mass is 16.5. The minimum atomic E-state index is -0.537. The smallest absolute Gasteiger partial charge is 0.270 e. The molecule has 0 radical (unpaired) electrons. The first-order valence-corrected chi connectivity index (χ1v) is 10.4. The number of hydrogen-bond donors (Lipinski definition) is 2. The second-order valence-corrected chi connectivity index (χ2v) is 6.95. The molecule has 0 fully saturated rings. The van der Waals surface area contributed by atoms with Gasteiger partial charge in [-0.1, -0.05) is 50.1 Å². The Balaban J connectivity index is 1.75. The predicted molar refractivity (Wildman–Crippen MR) is 124 cm³/mol. The Bertz CT molecular complexity index is 1170. The molecule has 0 bridgehead atoms. The van der Waals surface area contributed by atoms with Crippen LogP contribution in [0.15, 0.2) is 58.4 Å². The largest absolute Gasteiger partial charge is 0.493 e. The zero-order valence-electron chi connectivity index (χ0n) is 18.1. The second kappa shape index (κ2) is 11.3. The van der Waals surface area contributed by atoms with Gasteiger partial charge in [0, 0.05) is 5.56 Å². The van der Waals surface area contributed by atoms with E-state index in [4.69, 9.17) is 9.47 Å². The van der Waals surface area contributed by atoms with Crippen LogP contribution in [0, 0.1) is 11.3 Å². The van der Waals surface area contributed by atoms with E-state index in [1.54, 1.807) is 25.5 Å². The topological polar surface area (TPSA) is 112 Å². The van der Waals surface area contributed by atoms with Crippen molar-refractivity contribution in [3.05, 3.63) is 70.0 Å². The molecule has 32 heavy (non-hydrogen) atoms. The Kier molecular flexibility index (Phi) is 7.98. The molecule has 3 rings (SSSR count). The summed E-state index contributed by atoms with van der Waals surface area (Å²) >= 11 is 0. The van der Waals surface area contributed by atoms with Crippen molar-refractivity contribution in [3.8, 4) is 28.8 Å². The number of aromatic amines is 1. The predicted octanol–water partition coefficient (Wildman–Crippen LogP) is 4.33. The van der Waals surface area contributed by atoms with E-state index in [-0.39, 0.29) is 11.5 Å². The van der Waals surface area contributed by atoms with Crippen LogP contribution in [0.25, 0.3) is 11.3 Å². The average Bonchev–Trinajstić information content (AvgIpc) is 2.82. The first-order chi connectivity index (χ1) is 15.7. The molecule has 0 unspecified atom stereocenters. The lowest BCUT2D eigenvalue weighted by Gasteiger charge is -2.11. The van der Waals surface area contributed by atoms with Crippen molar-refractivity contribution in [2.24, 2.45) is 5.10 Å². The summed E-state index contributed by atoms with van der Waals surface area (Å²) in [4.78, 5) is 19.2. The summed E-state index contributed by atoms with van der Waals surface area (Å²) < 4.78 is 11.2. The number of nitriles is 1. The summed E-state index contributed by atoms with van der Waals surface area (Å²) in [5.41, 5.74) is 3.86. The Morgan fingerprint density at radius 2 is 2.00 bits per heavy atom. The van der Waals surface area contributed by atoms with Crippen LogP contribution in [0.3, 0.4) is 0 Å². The van der Waals surface area contributed by atoms with E-state index in [1.165, 1.54) is 0 Å². The molecule has 0 amide bonds. The summed E-state index contributed by atoms with van der Waals surface area (Å²) in [5.74, 6) is 1.42. The van der Waals surface area contributed by atoms with Crippen LogP contribution in [0.5, 0.6) is 11.5 Å². The average molecular weight is 431 g/mol. The number of anilines is 1. The van der Waals surface area contributed by atoms with Gasteiger partial charge in [-0.05, 0) is 30.2 Å². The highest BCUT2D eigenvalue weighted by Crippen LogP contribution is 2.28. The van der Waals surface area contributed by atoms with Crippen LogP contribution in [0.2, 0.25) is 0 Å². The van der Waals surface area contributed by atoms with Crippen molar-refractivity contribution in [3.63, 3.8) is 0 Å². The first-order valence-electron chi connectivity index (χ1n) is 10.4. The Morgan fingerprint density at radius 1 is 1.19 bits per heavy atom. The molecule has 8 nitrogen and oxygen atoms in total. The number of aromatic nitrogens is 2. The number of rotatable bonds is 10. The standard InChI is InChI=1S/C24H25N5O3/c1-3-4-8-13-32-20-12-11-17(14-21(20)31-2)16-26-29-24-27-22(18-9-6-5-7-10-18)19(15-25)23(30)28-24/h5-7,9-12,14,16H,3-4,8,13H2,1-2H3,(H2,27,28,29,30). The fourth-order valence-corrected chi connectivity index (χ4v) is 3.02. The van der Waals surface area contributed by atoms with Gasteiger partial charge >= 0.3 is 0 Å². The molecule has 1 heterocycles. The molecule has 0 aliphatic heterocycles.